The Labute approximate surface area is 134 Å². The maximum atomic E-state index is 9.28. The van der Waals surface area contributed by atoms with Gasteiger partial charge in [-0.25, -0.2) is 0 Å². The first-order chi connectivity index (χ1) is 10.7. The molecule has 22 heavy (non-hydrogen) atoms. The summed E-state index contributed by atoms with van der Waals surface area (Å²) < 4.78 is 5.34. The molecule has 0 amide bonds. The number of halogens is 1. The maximum Gasteiger partial charge on any atom is 0.240 e. The molecule has 0 unspecified atom stereocenters. The van der Waals surface area contributed by atoms with Gasteiger partial charge in [0.2, 0.25) is 5.89 Å². The van der Waals surface area contributed by atoms with Crippen LogP contribution < -0.4 is 0 Å². The largest absolute Gasteiger partial charge is 0.396 e. The molecular weight excluding hydrogens is 302 g/mol. The molecule has 6 heteroatoms. The molecule has 5 nitrogen and oxygen atoms in total. The van der Waals surface area contributed by atoms with E-state index in [1.54, 1.807) is 0 Å². The third kappa shape index (κ3) is 3.85. The number of aliphatic hydroxyl groups excluding tert-OH is 1. The van der Waals surface area contributed by atoms with E-state index in [-0.39, 0.29) is 6.61 Å². The third-order valence-electron chi connectivity index (χ3n) is 4.04. The summed E-state index contributed by atoms with van der Waals surface area (Å²) in [5, 5.41) is 14.0. The Morgan fingerprint density at radius 2 is 2.23 bits per heavy atom. The van der Waals surface area contributed by atoms with E-state index in [0.29, 0.717) is 30.6 Å². The van der Waals surface area contributed by atoms with E-state index in [2.05, 4.69) is 15.0 Å². The zero-order chi connectivity index (χ0) is 15.4. The zero-order valence-electron chi connectivity index (χ0n) is 12.4. The Morgan fingerprint density at radius 1 is 1.36 bits per heavy atom. The molecule has 0 saturated carbocycles. The van der Waals surface area contributed by atoms with Crippen molar-refractivity contribution >= 4 is 11.6 Å². The van der Waals surface area contributed by atoms with E-state index in [1.807, 2.05) is 24.3 Å². The van der Waals surface area contributed by atoms with Gasteiger partial charge >= 0.3 is 0 Å². The van der Waals surface area contributed by atoms with Crippen molar-refractivity contribution in [1.29, 1.82) is 0 Å². The van der Waals surface area contributed by atoms with Crippen LogP contribution in [0, 0.1) is 5.92 Å². The van der Waals surface area contributed by atoms with Gasteiger partial charge in [-0.15, -0.1) is 0 Å². The molecule has 1 aromatic heterocycles. The van der Waals surface area contributed by atoms with Gasteiger partial charge in [0.15, 0.2) is 5.82 Å². The van der Waals surface area contributed by atoms with E-state index < -0.39 is 0 Å². The first-order valence-electron chi connectivity index (χ1n) is 7.62. The number of likely N-dealkylation sites (tertiary alicyclic amines) is 1. The van der Waals surface area contributed by atoms with Crippen molar-refractivity contribution < 1.29 is 9.63 Å². The smallest absolute Gasteiger partial charge is 0.240 e. The molecule has 0 spiro atoms. The summed E-state index contributed by atoms with van der Waals surface area (Å²) in [5.41, 5.74) is 0.995. The van der Waals surface area contributed by atoms with Crippen LogP contribution in [0.1, 0.15) is 30.1 Å². The number of piperidine rings is 1. The van der Waals surface area contributed by atoms with Gasteiger partial charge in [0, 0.05) is 24.6 Å². The topological polar surface area (TPSA) is 62.4 Å². The molecule has 1 N–H and O–H groups in total. The summed E-state index contributed by atoms with van der Waals surface area (Å²) in [6, 6.07) is 7.68. The van der Waals surface area contributed by atoms with E-state index in [9.17, 15) is 5.11 Å². The number of aromatic nitrogens is 2. The zero-order valence-corrected chi connectivity index (χ0v) is 13.2. The molecule has 3 rings (SSSR count). The molecule has 0 aliphatic carbocycles. The van der Waals surface area contributed by atoms with Crippen molar-refractivity contribution in [3.63, 3.8) is 0 Å². The minimum atomic E-state index is 0.248. The summed E-state index contributed by atoms with van der Waals surface area (Å²) in [7, 11) is 0. The number of hydrogen-bond acceptors (Lipinski definition) is 5. The van der Waals surface area contributed by atoms with Gasteiger partial charge in [-0.2, -0.15) is 4.98 Å². The van der Waals surface area contributed by atoms with Crippen LogP contribution in [0.5, 0.6) is 0 Å². The lowest BCUT2D eigenvalue weighted by Gasteiger charge is -2.30. The predicted molar refractivity (Wildman–Crippen MR) is 83.6 cm³/mol. The summed E-state index contributed by atoms with van der Waals surface area (Å²) in [6.45, 7) is 2.79. The average molecular weight is 322 g/mol. The van der Waals surface area contributed by atoms with Gasteiger partial charge in [0.1, 0.15) is 0 Å². The van der Waals surface area contributed by atoms with Crippen LogP contribution >= 0.6 is 11.6 Å². The van der Waals surface area contributed by atoms with E-state index in [4.69, 9.17) is 16.1 Å². The molecule has 1 aromatic carbocycles. The number of rotatable bonds is 5. The Bertz CT molecular complexity index is 617. The summed E-state index contributed by atoms with van der Waals surface area (Å²) >= 11 is 6.15. The van der Waals surface area contributed by atoms with Gasteiger partial charge in [-0.05, 0) is 36.9 Å². The highest BCUT2D eigenvalue weighted by Gasteiger charge is 2.21. The molecule has 0 radical (unpaired) electrons. The molecular formula is C16H20ClN3O2. The Kier molecular flexibility index (Phi) is 5.08. The standard InChI is InChI=1S/C16H20ClN3O2/c17-14-6-2-1-5-13(14)8-15-18-16(22-19-15)10-20-7-3-4-12(9-20)11-21/h1-2,5-6,12,21H,3-4,7-11H2/t12-/m1/s1. The van der Waals surface area contributed by atoms with Crippen LogP contribution in [0.2, 0.25) is 5.02 Å². The number of nitrogens with zero attached hydrogens (tertiary/aromatic N) is 3. The number of aliphatic hydroxyl groups is 1. The minimum Gasteiger partial charge on any atom is -0.396 e. The molecule has 0 bridgehead atoms. The molecule has 1 aliphatic heterocycles. The monoisotopic (exact) mass is 321 g/mol. The quantitative estimate of drug-likeness (QED) is 0.917. The number of hydrogen-bond donors (Lipinski definition) is 1. The molecule has 1 saturated heterocycles. The molecule has 1 aliphatic rings. The number of benzene rings is 1. The van der Waals surface area contributed by atoms with Crippen LogP contribution in [0.3, 0.4) is 0 Å². The van der Waals surface area contributed by atoms with Crippen molar-refractivity contribution in [2.24, 2.45) is 5.92 Å². The molecule has 1 fully saturated rings. The van der Waals surface area contributed by atoms with E-state index in [1.165, 1.54) is 0 Å². The third-order valence-corrected chi connectivity index (χ3v) is 4.41. The van der Waals surface area contributed by atoms with E-state index in [0.717, 1.165) is 36.5 Å². The normalized spacial score (nSPS) is 19.5. The fraction of sp³-hybridized carbons (Fsp3) is 0.500. The minimum absolute atomic E-state index is 0.248. The Balaban J connectivity index is 1.60. The van der Waals surface area contributed by atoms with Crippen molar-refractivity contribution in [3.05, 3.63) is 46.6 Å². The second-order valence-corrected chi connectivity index (χ2v) is 6.21. The second-order valence-electron chi connectivity index (χ2n) is 5.80. The first kappa shape index (κ1) is 15.5. The van der Waals surface area contributed by atoms with Crippen molar-refractivity contribution in [2.75, 3.05) is 19.7 Å². The summed E-state index contributed by atoms with van der Waals surface area (Å²) in [6.07, 6.45) is 2.77. The lowest BCUT2D eigenvalue weighted by molar-refractivity contribution is 0.107. The SMILES string of the molecule is OC[C@@H]1CCCN(Cc2nc(Cc3ccccc3Cl)no2)C1. The summed E-state index contributed by atoms with van der Waals surface area (Å²) in [5.74, 6) is 1.64. The van der Waals surface area contributed by atoms with Crippen LogP contribution in [0.25, 0.3) is 0 Å². The van der Waals surface area contributed by atoms with Crippen LogP contribution in [0.4, 0.5) is 0 Å². The summed E-state index contributed by atoms with van der Waals surface area (Å²) in [4.78, 5) is 6.71. The maximum absolute atomic E-state index is 9.28. The molecule has 2 heterocycles. The second kappa shape index (κ2) is 7.22. The van der Waals surface area contributed by atoms with Gasteiger partial charge in [-0.3, -0.25) is 4.90 Å². The fourth-order valence-corrected chi connectivity index (χ4v) is 3.08. The highest BCUT2D eigenvalue weighted by molar-refractivity contribution is 6.31. The highest BCUT2D eigenvalue weighted by atomic mass is 35.5. The van der Waals surface area contributed by atoms with Crippen LogP contribution in [-0.2, 0) is 13.0 Å². The van der Waals surface area contributed by atoms with Crippen molar-refractivity contribution in [1.82, 2.24) is 15.0 Å². The van der Waals surface area contributed by atoms with Gasteiger partial charge < -0.3 is 9.63 Å². The predicted octanol–water partition coefficient (Wildman–Crippen LogP) is 2.52. The first-order valence-corrected chi connectivity index (χ1v) is 8.00. The molecule has 118 valence electrons. The molecule has 2 aromatic rings. The lowest BCUT2D eigenvalue weighted by atomic mass is 9.99. The van der Waals surface area contributed by atoms with Gasteiger partial charge in [-0.1, -0.05) is 35.0 Å². The average Bonchev–Trinajstić information content (AvgIpc) is 2.97. The van der Waals surface area contributed by atoms with Crippen LogP contribution in [-0.4, -0.2) is 39.8 Å². The van der Waals surface area contributed by atoms with Crippen molar-refractivity contribution in [2.45, 2.75) is 25.8 Å². The Hall–Kier alpha value is -1.43. The molecule has 1 atom stereocenters. The van der Waals surface area contributed by atoms with E-state index >= 15 is 0 Å². The van der Waals surface area contributed by atoms with Crippen LogP contribution in [0.15, 0.2) is 28.8 Å². The fourth-order valence-electron chi connectivity index (χ4n) is 2.87. The van der Waals surface area contributed by atoms with Crippen molar-refractivity contribution in [3.8, 4) is 0 Å². The Morgan fingerprint density at radius 3 is 3.05 bits per heavy atom. The lowest BCUT2D eigenvalue weighted by Crippen LogP contribution is -2.36. The van der Waals surface area contributed by atoms with Gasteiger partial charge in [0.05, 0.1) is 6.54 Å². The van der Waals surface area contributed by atoms with Gasteiger partial charge in [0.25, 0.3) is 0 Å². The highest BCUT2D eigenvalue weighted by Crippen LogP contribution is 2.19.